The molecule has 0 N–H and O–H groups in total. The number of ether oxygens (including phenoxy) is 3. The largest absolute Gasteiger partial charge is 0.496 e. The summed E-state index contributed by atoms with van der Waals surface area (Å²) in [7, 11) is 2.57. The Labute approximate surface area is 161 Å². The Morgan fingerprint density at radius 3 is 1.96 bits per heavy atom. The maximum Gasteiger partial charge on any atom is 0.130 e. The van der Waals surface area contributed by atoms with Gasteiger partial charge in [-0.2, -0.15) is 0 Å². The maximum atomic E-state index is 6.16. The summed E-state index contributed by atoms with van der Waals surface area (Å²) >= 11 is 0. The van der Waals surface area contributed by atoms with Gasteiger partial charge in [-0.1, -0.05) is 54.6 Å². The van der Waals surface area contributed by atoms with E-state index in [0.717, 1.165) is 36.7 Å². The molecule has 1 aliphatic heterocycles. The summed E-state index contributed by atoms with van der Waals surface area (Å²) in [6, 6.07) is 23.0. The number of methoxy groups -OCH3 is 2. The molecule has 0 fully saturated rings. The van der Waals surface area contributed by atoms with Crippen LogP contribution in [0.25, 0.3) is 0 Å². The van der Waals surface area contributed by atoms with Gasteiger partial charge >= 0.3 is 0 Å². The quantitative estimate of drug-likeness (QED) is 0.633. The molecule has 0 saturated heterocycles. The van der Waals surface area contributed by atoms with Gasteiger partial charge in [0, 0.05) is 15.9 Å². The van der Waals surface area contributed by atoms with E-state index in [-0.39, 0.29) is 0 Å². The zero-order chi connectivity index (χ0) is 18.6. The lowest BCUT2D eigenvalue weighted by atomic mass is 10.1. The fourth-order valence-corrected chi connectivity index (χ4v) is 6.23. The molecule has 138 valence electrons. The first-order chi connectivity index (χ1) is 13.3. The predicted molar refractivity (Wildman–Crippen MR) is 112 cm³/mol. The Hall–Kier alpha value is -2.51. The molecular formula is C23H23O3P. The van der Waals surface area contributed by atoms with Gasteiger partial charge < -0.3 is 14.2 Å². The van der Waals surface area contributed by atoms with Gasteiger partial charge in [-0.25, -0.2) is 0 Å². The van der Waals surface area contributed by atoms with Crippen LogP contribution in [0.5, 0.6) is 17.2 Å². The van der Waals surface area contributed by atoms with Gasteiger partial charge in [0.05, 0.1) is 20.8 Å². The first kappa shape index (κ1) is 17.9. The zero-order valence-electron chi connectivity index (χ0n) is 15.6. The third kappa shape index (κ3) is 3.40. The van der Waals surface area contributed by atoms with E-state index in [1.54, 1.807) is 14.2 Å². The van der Waals surface area contributed by atoms with Crippen LogP contribution in [0.2, 0.25) is 0 Å². The van der Waals surface area contributed by atoms with Crippen molar-refractivity contribution in [1.29, 1.82) is 0 Å². The van der Waals surface area contributed by atoms with E-state index < -0.39 is 7.92 Å². The minimum Gasteiger partial charge on any atom is -0.496 e. The molecule has 0 bridgehead atoms. The van der Waals surface area contributed by atoms with Crippen LogP contribution in [-0.2, 0) is 6.42 Å². The third-order valence-corrected chi connectivity index (χ3v) is 7.34. The molecule has 0 radical (unpaired) electrons. The molecule has 3 aromatic rings. The third-order valence-electron chi connectivity index (χ3n) is 4.81. The van der Waals surface area contributed by atoms with Crippen molar-refractivity contribution in [2.24, 2.45) is 0 Å². The SMILES string of the molecule is COc1ccccc1P(c1ccccc1OC)c1cccc2c1OCCC2. The van der Waals surface area contributed by atoms with Crippen LogP contribution in [-0.4, -0.2) is 20.8 Å². The normalized spacial score (nSPS) is 13.0. The minimum atomic E-state index is -0.889. The maximum absolute atomic E-state index is 6.16. The first-order valence-electron chi connectivity index (χ1n) is 9.14. The number of fused-ring (bicyclic) bond motifs is 1. The molecule has 3 aromatic carbocycles. The molecule has 3 nitrogen and oxygen atoms in total. The summed E-state index contributed by atoms with van der Waals surface area (Å²) in [5, 5.41) is 3.56. The standard InChI is InChI=1S/C23H23O3P/c1-24-18-11-3-5-13-20(18)27(21-14-6-4-12-19(21)25-2)22-15-7-9-17-10-8-16-26-23(17)22/h3-7,9,11-15H,8,10,16H2,1-2H3. The fourth-order valence-electron chi connectivity index (χ4n) is 3.57. The topological polar surface area (TPSA) is 27.7 Å². The minimum absolute atomic E-state index is 0.769. The van der Waals surface area contributed by atoms with E-state index in [1.807, 2.05) is 24.3 Å². The van der Waals surface area contributed by atoms with Crippen molar-refractivity contribution in [1.82, 2.24) is 0 Å². The zero-order valence-corrected chi connectivity index (χ0v) is 16.5. The number of rotatable bonds is 5. The van der Waals surface area contributed by atoms with Gasteiger partial charge in [0.1, 0.15) is 17.2 Å². The molecule has 0 aliphatic carbocycles. The average Bonchev–Trinajstić information content (AvgIpc) is 2.75. The van der Waals surface area contributed by atoms with E-state index >= 15 is 0 Å². The summed E-state index contributed by atoms with van der Waals surface area (Å²) in [5.41, 5.74) is 1.29. The molecule has 4 heteroatoms. The number of aryl methyl sites for hydroxylation is 1. The Bertz CT molecular complexity index is 891. The van der Waals surface area contributed by atoms with E-state index in [0.29, 0.717) is 0 Å². The van der Waals surface area contributed by atoms with Gasteiger partial charge in [0.15, 0.2) is 0 Å². The summed E-state index contributed by atoms with van der Waals surface area (Å²) in [6.45, 7) is 0.769. The summed E-state index contributed by atoms with van der Waals surface area (Å²) in [4.78, 5) is 0. The fraction of sp³-hybridized carbons (Fsp3) is 0.217. The smallest absolute Gasteiger partial charge is 0.130 e. The Morgan fingerprint density at radius 2 is 1.33 bits per heavy atom. The number of hydrogen-bond donors (Lipinski definition) is 0. The van der Waals surface area contributed by atoms with Gasteiger partial charge in [-0.15, -0.1) is 0 Å². The van der Waals surface area contributed by atoms with E-state index in [4.69, 9.17) is 14.2 Å². The first-order valence-corrected chi connectivity index (χ1v) is 10.5. The van der Waals surface area contributed by atoms with Gasteiger partial charge in [0.2, 0.25) is 0 Å². The predicted octanol–water partition coefficient (Wildman–Crippen LogP) is 3.79. The van der Waals surface area contributed by atoms with Gasteiger partial charge in [-0.05, 0) is 38.5 Å². The lowest BCUT2D eigenvalue weighted by Gasteiger charge is -2.27. The molecule has 0 amide bonds. The molecule has 0 unspecified atom stereocenters. The molecule has 1 heterocycles. The van der Waals surface area contributed by atoms with Crippen molar-refractivity contribution in [3.05, 3.63) is 72.3 Å². The second kappa shape index (κ2) is 8.02. The van der Waals surface area contributed by atoms with Gasteiger partial charge in [0.25, 0.3) is 0 Å². The highest BCUT2D eigenvalue weighted by molar-refractivity contribution is 7.80. The van der Waals surface area contributed by atoms with E-state index in [2.05, 4.69) is 42.5 Å². The number of hydrogen-bond acceptors (Lipinski definition) is 3. The van der Waals surface area contributed by atoms with Crippen LogP contribution in [0.15, 0.2) is 66.7 Å². The molecule has 0 spiro atoms. The van der Waals surface area contributed by atoms with Crippen LogP contribution < -0.4 is 30.1 Å². The Morgan fingerprint density at radius 1 is 0.741 bits per heavy atom. The highest BCUT2D eigenvalue weighted by atomic mass is 31.1. The summed E-state index contributed by atoms with van der Waals surface area (Å²) < 4.78 is 17.6. The van der Waals surface area contributed by atoms with E-state index in [9.17, 15) is 0 Å². The van der Waals surface area contributed by atoms with Crippen molar-refractivity contribution >= 4 is 23.8 Å². The van der Waals surface area contributed by atoms with Crippen molar-refractivity contribution in [2.75, 3.05) is 20.8 Å². The van der Waals surface area contributed by atoms with Crippen LogP contribution in [0.4, 0.5) is 0 Å². The monoisotopic (exact) mass is 378 g/mol. The molecule has 1 aliphatic rings. The number of para-hydroxylation sites is 3. The van der Waals surface area contributed by atoms with Crippen LogP contribution in [0.1, 0.15) is 12.0 Å². The molecule has 4 rings (SSSR count). The second-order valence-corrected chi connectivity index (χ2v) is 8.51. The number of benzene rings is 3. The molecular weight excluding hydrogens is 355 g/mol. The second-order valence-electron chi connectivity index (χ2n) is 6.40. The molecule has 0 atom stereocenters. The van der Waals surface area contributed by atoms with Crippen molar-refractivity contribution in [3.63, 3.8) is 0 Å². The lowest BCUT2D eigenvalue weighted by molar-refractivity contribution is 0.291. The van der Waals surface area contributed by atoms with Gasteiger partial charge in [-0.3, -0.25) is 0 Å². The van der Waals surface area contributed by atoms with Crippen molar-refractivity contribution in [2.45, 2.75) is 12.8 Å². The van der Waals surface area contributed by atoms with E-state index in [1.165, 1.54) is 21.5 Å². The van der Waals surface area contributed by atoms with Crippen LogP contribution in [0.3, 0.4) is 0 Å². The highest BCUT2D eigenvalue weighted by Crippen LogP contribution is 2.43. The summed E-state index contributed by atoms with van der Waals surface area (Å²) in [6.07, 6.45) is 2.13. The highest BCUT2D eigenvalue weighted by Gasteiger charge is 2.28. The summed E-state index contributed by atoms with van der Waals surface area (Å²) in [5.74, 6) is 2.82. The molecule has 27 heavy (non-hydrogen) atoms. The van der Waals surface area contributed by atoms with Crippen molar-refractivity contribution in [3.8, 4) is 17.2 Å². The van der Waals surface area contributed by atoms with Crippen LogP contribution in [0, 0.1) is 0 Å². The van der Waals surface area contributed by atoms with Crippen molar-refractivity contribution < 1.29 is 14.2 Å². The molecule has 0 aromatic heterocycles. The lowest BCUT2D eigenvalue weighted by Crippen LogP contribution is -2.26. The molecule has 0 saturated carbocycles. The van der Waals surface area contributed by atoms with Crippen LogP contribution >= 0.6 is 7.92 Å². The Balaban J connectivity index is 1.98. The average molecular weight is 378 g/mol. The Kier molecular flexibility index (Phi) is 5.31.